The number of hydrogen-bond acceptors (Lipinski definition) is 2. The topological polar surface area (TPSA) is 32.3 Å². The van der Waals surface area contributed by atoms with Crippen molar-refractivity contribution in [3.05, 3.63) is 29.8 Å². The second kappa shape index (κ2) is 4.66. The minimum absolute atomic E-state index is 0.0703. The Kier molecular flexibility index (Phi) is 3.25. The van der Waals surface area contributed by atoms with Gasteiger partial charge in [-0.1, -0.05) is 19.1 Å². The van der Waals surface area contributed by atoms with Gasteiger partial charge in [0.15, 0.2) is 0 Å². The molecular weight excluding hydrogens is 200 g/mol. The Morgan fingerprint density at radius 3 is 3.06 bits per heavy atom. The summed E-state index contributed by atoms with van der Waals surface area (Å²) in [6, 6.07) is 8.16. The van der Waals surface area contributed by atoms with Gasteiger partial charge in [0.05, 0.1) is 6.04 Å². The van der Waals surface area contributed by atoms with Crippen LogP contribution in [-0.2, 0) is 11.2 Å². The number of carbonyl (C=O) groups is 1. The van der Waals surface area contributed by atoms with Crippen LogP contribution in [-0.4, -0.2) is 25.0 Å². The van der Waals surface area contributed by atoms with E-state index in [9.17, 15) is 4.79 Å². The van der Waals surface area contributed by atoms with Crippen LogP contribution in [0.2, 0.25) is 0 Å². The van der Waals surface area contributed by atoms with Crippen LogP contribution in [0.15, 0.2) is 24.3 Å². The van der Waals surface area contributed by atoms with Crippen molar-refractivity contribution in [2.24, 2.45) is 0 Å². The van der Waals surface area contributed by atoms with Crippen molar-refractivity contribution in [2.45, 2.75) is 26.3 Å². The minimum atomic E-state index is -0.0703. The van der Waals surface area contributed by atoms with Crippen molar-refractivity contribution < 1.29 is 4.79 Å². The van der Waals surface area contributed by atoms with E-state index in [2.05, 4.69) is 24.4 Å². The van der Waals surface area contributed by atoms with E-state index in [0.29, 0.717) is 0 Å². The summed E-state index contributed by atoms with van der Waals surface area (Å²) in [6.07, 6.45) is 1.00. The van der Waals surface area contributed by atoms with Gasteiger partial charge in [0.2, 0.25) is 5.91 Å². The average Bonchev–Trinajstić information content (AvgIpc) is 2.33. The number of benzene rings is 1. The molecule has 0 radical (unpaired) electrons. The van der Waals surface area contributed by atoms with Crippen molar-refractivity contribution in [1.29, 1.82) is 0 Å². The van der Waals surface area contributed by atoms with E-state index in [1.165, 1.54) is 5.56 Å². The Morgan fingerprint density at radius 2 is 2.31 bits per heavy atom. The standard InChI is InChI=1S/C13H18N2O/c1-3-11-5-4-6-12(9-11)15-8-7-14-10(2)13(15)16/h4-6,9-10,14H,3,7-8H2,1-2H3. The van der Waals surface area contributed by atoms with Gasteiger partial charge < -0.3 is 10.2 Å². The summed E-state index contributed by atoms with van der Waals surface area (Å²) < 4.78 is 0. The summed E-state index contributed by atoms with van der Waals surface area (Å²) in [4.78, 5) is 13.9. The molecule has 3 heteroatoms. The van der Waals surface area contributed by atoms with Crippen LogP contribution in [0.25, 0.3) is 0 Å². The maximum Gasteiger partial charge on any atom is 0.243 e. The Bertz CT molecular complexity index is 389. The van der Waals surface area contributed by atoms with E-state index >= 15 is 0 Å². The molecular formula is C13H18N2O. The van der Waals surface area contributed by atoms with Crippen LogP contribution in [0.1, 0.15) is 19.4 Å². The number of piperazine rings is 1. The van der Waals surface area contributed by atoms with Gasteiger partial charge in [-0.25, -0.2) is 0 Å². The quantitative estimate of drug-likeness (QED) is 0.817. The molecule has 0 bridgehead atoms. The van der Waals surface area contributed by atoms with Gasteiger partial charge in [-0.2, -0.15) is 0 Å². The first-order chi connectivity index (χ1) is 7.72. The monoisotopic (exact) mass is 218 g/mol. The Balaban J connectivity index is 2.25. The zero-order valence-corrected chi connectivity index (χ0v) is 9.86. The predicted molar refractivity (Wildman–Crippen MR) is 65.6 cm³/mol. The van der Waals surface area contributed by atoms with E-state index in [1.807, 2.05) is 24.0 Å². The maximum absolute atomic E-state index is 12.0. The van der Waals surface area contributed by atoms with Crippen molar-refractivity contribution in [3.8, 4) is 0 Å². The van der Waals surface area contributed by atoms with Crippen LogP contribution >= 0.6 is 0 Å². The molecule has 1 N–H and O–H groups in total. The minimum Gasteiger partial charge on any atom is -0.310 e. The molecule has 0 spiro atoms. The smallest absolute Gasteiger partial charge is 0.243 e. The zero-order valence-electron chi connectivity index (χ0n) is 9.86. The number of hydrogen-bond donors (Lipinski definition) is 1. The molecule has 1 aromatic rings. The second-order valence-electron chi connectivity index (χ2n) is 4.19. The molecule has 1 amide bonds. The number of nitrogens with zero attached hydrogens (tertiary/aromatic N) is 1. The van der Waals surface area contributed by atoms with Gasteiger partial charge in [-0.15, -0.1) is 0 Å². The summed E-state index contributed by atoms with van der Waals surface area (Å²) in [5, 5.41) is 3.17. The van der Waals surface area contributed by atoms with E-state index < -0.39 is 0 Å². The van der Waals surface area contributed by atoms with Crippen molar-refractivity contribution in [1.82, 2.24) is 5.32 Å². The molecule has 1 unspecified atom stereocenters. The summed E-state index contributed by atoms with van der Waals surface area (Å²) in [5.74, 6) is 0.166. The first-order valence-electron chi connectivity index (χ1n) is 5.86. The predicted octanol–water partition coefficient (Wildman–Crippen LogP) is 1.57. The van der Waals surface area contributed by atoms with E-state index in [1.54, 1.807) is 0 Å². The van der Waals surface area contributed by atoms with E-state index in [4.69, 9.17) is 0 Å². The molecule has 1 saturated heterocycles. The fourth-order valence-electron chi connectivity index (χ4n) is 2.02. The fraction of sp³-hybridized carbons (Fsp3) is 0.462. The van der Waals surface area contributed by atoms with Crippen LogP contribution in [0, 0.1) is 0 Å². The molecule has 1 fully saturated rings. The van der Waals surface area contributed by atoms with Gasteiger partial charge >= 0.3 is 0 Å². The van der Waals surface area contributed by atoms with Crippen molar-refractivity contribution in [3.63, 3.8) is 0 Å². The van der Waals surface area contributed by atoms with Crippen LogP contribution in [0.5, 0.6) is 0 Å². The number of anilines is 1. The van der Waals surface area contributed by atoms with Crippen molar-refractivity contribution >= 4 is 11.6 Å². The third-order valence-electron chi connectivity index (χ3n) is 3.05. The van der Waals surface area contributed by atoms with E-state index in [-0.39, 0.29) is 11.9 Å². The third-order valence-corrected chi connectivity index (χ3v) is 3.05. The van der Waals surface area contributed by atoms with Gasteiger partial charge in [0, 0.05) is 18.8 Å². The maximum atomic E-state index is 12.0. The molecule has 0 saturated carbocycles. The molecule has 2 rings (SSSR count). The molecule has 3 nitrogen and oxygen atoms in total. The normalized spacial score (nSPS) is 21.2. The van der Waals surface area contributed by atoms with Crippen LogP contribution < -0.4 is 10.2 Å². The highest BCUT2D eigenvalue weighted by atomic mass is 16.2. The van der Waals surface area contributed by atoms with Crippen LogP contribution in [0.3, 0.4) is 0 Å². The molecule has 0 aliphatic carbocycles. The number of aryl methyl sites for hydroxylation is 1. The number of carbonyl (C=O) groups excluding carboxylic acids is 1. The summed E-state index contributed by atoms with van der Waals surface area (Å²) >= 11 is 0. The Hall–Kier alpha value is -1.35. The molecule has 1 aromatic carbocycles. The second-order valence-corrected chi connectivity index (χ2v) is 4.19. The summed E-state index contributed by atoms with van der Waals surface area (Å²) in [5.41, 5.74) is 2.30. The highest BCUT2D eigenvalue weighted by Crippen LogP contribution is 2.18. The van der Waals surface area contributed by atoms with E-state index in [0.717, 1.165) is 25.2 Å². The molecule has 0 aromatic heterocycles. The third kappa shape index (κ3) is 2.09. The van der Waals surface area contributed by atoms with Gasteiger partial charge in [0.25, 0.3) is 0 Å². The SMILES string of the molecule is CCc1cccc(N2CCNC(C)C2=O)c1. The number of rotatable bonds is 2. The van der Waals surface area contributed by atoms with Gasteiger partial charge in [-0.05, 0) is 31.0 Å². The Labute approximate surface area is 96.5 Å². The lowest BCUT2D eigenvalue weighted by atomic mass is 10.1. The zero-order chi connectivity index (χ0) is 11.5. The molecule has 1 aliphatic heterocycles. The first-order valence-corrected chi connectivity index (χ1v) is 5.86. The van der Waals surface area contributed by atoms with Crippen LogP contribution in [0.4, 0.5) is 5.69 Å². The lowest BCUT2D eigenvalue weighted by molar-refractivity contribution is -0.121. The lowest BCUT2D eigenvalue weighted by Gasteiger charge is -2.31. The summed E-state index contributed by atoms with van der Waals surface area (Å²) in [7, 11) is 0. The van der Waals surface area contributed by atoms with Gasteiger partial charge in [-0.3, -0.25) is 4.79 Å². The molecule has 1 heterocycles. The number of amides is 1. The molecule has 86 valence electrons. The number of nitrogens with one attached hydrogen (secondary N) is 1. The first kappa shape index (κ1) is 11.1. The summed E-state index contributed by atoms with van der Waals surface area (Å²) in [6.45, 7) is 5.67. The Morgan fingerprint density at radius 1 is 1.50 bits per heavy atom. The highest BCUT2D eigenvalue weighted by molar-refractivity contribution is 5.97. The molecule has 16 heavy (non-hydrogen) atoms. The lowest BCUT2D eigenvalue weighted by Crippen LogP contribution is -2.53. The highest BCUT2D eigenvalue weighted by Gasteiger charge is 2.25. The average molecular weight is 218 g/mol. The molecule has 1 atom stereocenters. The fourth-order valence-corrected chi connectivity index (χ4v) is 2.02. The van der Waals surface area contributed by atoms with Gasteiger partial charge in [0.1, 0.15) is 0 Å². The largest absolute Gasteiger partial charge is 0.310 e. The van der Waals surface area contributed by atoms with Crippen molar-refractivity contribution in [2.75, 3.05) is 18.0 Å². The molecule has 1 aliphatic rings.